The van der Waals surface area contributed by atoms with Gasteiger partial charge in [0.1, 0.15) is 12.4 Å². The molecular formula is C16H12BrClO3. The van der Waals surface area contributed by atoms with Gasteiger partial charge in [-0.2, -0.15) is 0 Å². The molecule has 0 aliphatic heterocycles. The first-order chi connectivity index (χ1) is 10.1. The Morgan fingerprint density at radius 3 is 2.71 bits per heavy atom. The van der Waals surface area contributed by atoms with Gasteiger partial charge in [-0.25, -0.2) is 4.79 Å². The zero-order valence-corrected chi connectivity index (χ0v) is 13.3. The summed E-state index contributed by atoms with van der Waals surface area (Å²) in [5.74, 6) is -0.498. The summed E-state index contributed by atoms with van der Waals surface area (Å²) in [7, 11) is 0. The van der Waals surface area contributed by atoms with Crippen molar-refractivity contribution in [3.05, 3.63) is 69.2 Å². The van der Waals surface area contributed by atoms with Gasteiger partial charge in [0.15, 0.2) is 0 Å². The third-order valence-corrected chi connectivity index (χ3v) is 3.85. The Bertz CT molecular complexity index is 683. The van der Waals surface area contributed by atoms with Crippen molar-refractivity contribution >= 4 is 39.6 Å². The predicted molar refractivity (Wildman–Crippen MR) is 86.6 cm³/mol. The highest BCUT2D eigenvalue weighted by molar-refractivity contribution is 9.10. The molecule has 0 aliphatic rings. The summed E-state index contributed by atoms with van der Waals surface area (Å²) >= 11 is 9.55. The van der Waals surface area contributed by atoms with E-state index in [9.17, 15) is 4.79 Å². The summed E-state index contributed by atoms with van der Waals surface area (Å²) in [5.41, 5.74) is 1.54. The van der Waals surface area contributed by atoms with Crippen LogP contribution >= 0.6 is 27.5 Å². The van der Waals surface area contributed by atoms with Crippen molar-refractivity contribution in [2.45, 2.75) is 6.61 Å². The molecule has 2 aromatic rings. The number of ether oxygens (including phenoxy) is 1. The molecule has 108 valence electrons. The van der Waals surface area contributed by atoms with E-state index in [2.05, 4.69) is 15.9 Å². The number of halogens is 2. The van der Waals surface area contributed by atoms with E-state index >= 15 is 0 Å². The SMILES string of the molecule is O=C(O)/C=C/c1c(Cl)cccc1OCc1ccccc1Br. The van der Waals surface area contributed by atoms with Crippen LogP contribution in [0.4, 0.5) is 0 Å². The second kappa shape index (κ2) is 7.29. The molecule has 5 heteroatoms. The van der Waals surface area contributed by atoms with Crippen LogP contribution < -0.4 is 4.74 Å². The minimum Gasteiger partial charge on any atom is -0.488 e. The van der Waals surface area contributed by atoms with E-state index in [0.29, 0.717) is 22.9 Å². The van der Waals surface area contributed by atoms with Crippen molar-refractivity contribution in [1.29, 1.82) is 0 Å². The smallest absolute Gasteiger partial charge is 0.328 e. The molecular weight excluding hydrogens is 356 g/mol. The van der Waals surface area contributed by atoms with Gasteiger partial charge in [0.05, 0.1) is 5.02 Å². The number of carboxylic acid groups (broad SMARTS) is 1. The number of aliphatic carboxylic acids is 1. The van der Waals surface area contributed by atoms with Crippen molar-refractivity contribution in [2.24, 2.45) is 0 Å². The summed E-state index contributed by atoms with van der Waals surface area (Å²) in [6.45, 7) is 0.357. The largest absolute Gasteiger partial charge is 0.488 e. The molecule has 0 bridgehead atoms. The quantitative estimate of drug-likeness (QED) is 0.774. The van der Waals surface area contributed by atoms with Crippen molar-refractivity contribution in [3.8, 4) is 5.75 Å². The highest BCUT2D eigenvalue weighted by atomic mass is 79.9. The van der Waals surface area contributed by atoms with Gasteiger partial charge in [0.25, 0.3) is 0 Å². The Morgan fingerprint density at radius 2 is 2.00 bits per heavy atom. The van der Waals surface area contributed by atoms with Crippen molar-refractivity contribution in [2.75, 3.05) is 0 Å². The molecule has 0 saturated heterocycles. The van der Waals surface area contributed by atoms with E-state index in [1.54, 1.807) is 18.2 Å². The molecule has 0 heterocycles. The Labute approximate surface area is 135 Å². The van der Waals surface area contributed by atoms with Crippen LogP contribution in [0.2, 0.25) is 5.02 Å². The van der Waals surface area contributed by atoms with Gasteiger partial charge >= 0.3 is 5.97 Å². The van der Waals surface area contributed by atoms with Crippen LogP contribution in [-0.4, -0.2) is 11.1 Å². The Kier molecular flexibility index (Phi) is 5.42. The fourth-order valence-electron chi connectivity index (χ4n) is 1.73. The fourth-order valence-corrected chi connectivity index (χ4v) is 2.36. The lowest BCUT2D eigenvalue weighted by Crippen LogP contribution is -1.98. The molecule has 0 radical (unpaired) electrons. The summed E-state index contributed by atoms with van der Waals surface area (Å²) in [6, 6.07) is 12.9. The number of hydrogen-bond donors (Lipinski definition) is 1. The minimum absolute atomic E-state index is 0.357. The zero-order chi connectivity index (χ0) is 15.2. The maximum absolute atomic E-state index is 10.6. The van der Waals surface area contributed by atoms with Crippen LogP contribution in [0.15, 0.2) is 53.0 Å². The van der Waals surface area contributed by atoms with E-state index in [1.165, 1.54) is 6.08 Å². The van der Waals surface area contributed by atoms with Gasteiger partial charge in [-0.05, 0) is 24.3 Å². The molecule has 3 nitrogen and oxygen atoms in total. The third-order valence-electron chi connectivity index (χ3n) is 2.75. The van der Waals surface area contributed by atoms with Crippen LogP contribution in [0.3, 0.4) is 0 Å². The molecule has 0 fully saturated rings. The van der Waals surface area contributed by atoms with Gasteiger partial charge in [-0.1, -0.05) is 51.8 Å². The number of carboxylic acids is 1. The normalized spacial score (nSPS) is 10.8. The number of rotatable bonds is 5. The van der Waals surface area contributed by atoms with Gasteiger partial charge in [0.2, 0.25) is 0 Å². The fraction of sp³-hybridized carbons (Fsp3) is 0.0625. The van der Waals surface area contributed by atoms with E-state index in [1.807, 2.05) is 24.3 Å². The zero-order valence-electron chi connectivity index (χ0n) is 10.9. The molecule has 21 heavy (non-hydrogen) atoms. The van der Waals surface area contributed by atoms with Crippen LogP contribution in [0, 0.1) is 0 Å². The molecule has 0 aromatic heterocycles. The Morgan fingerprint density at radius 1 is 1.24 bits per heavy atom. The third kappa shape index (κ3) is 4.34. The lowest BCUT2D eigenvalue weighted by molar-refractivity contribution is -0.131. The summed E-state index contributed by atoms with van der Waals surface area (Å²) in [6.07, 6.45) is 2.46. The van der Waals surface area contributed by atoms with Crippen LogP contribution in [-0.2, 0) is 11.4 Å². The average molecular weight is 368 g/mol. The van der Waals surface area contributed by atoms with Crippen LogP contribution in [0.1, 0.15) is 11.1 Å². The van der Waals surface area contributed by atoms with Crippen molar-refractivity contribution < 1.29 is 14.6 Å². The van der Waals surface area contributed by atoms with Gasteiger partial charge in [-0.3, -0.25) is 0 Å². The molecule has 0 spiro atoms. The first-order valence-electron chi connectivity index (χ1n) is 6.13. The average Bonchev–Trinajstić information content (AvgIpc) is 2.45. The maximum atomic E-state index is 10.6. The molecule has 0 atom stereocenters. The number of carbonyl (C=O) groups is 1. The van der Waals surface area contributed by atoms with E-state index < -0.39 is 5.97 Å². The lowest BCUT2D eigenvalue weighted by atomic mass is 10.2. The van der Waals surface area contributed by atoms with Crippen molar-refractivity contribution in [3.63, 3.8) is 0 Å². The first-order valence-corrected chi connectivity index (χ1v) is 7.31. The highest BCUT2D eigenvalue weighted by Gasteiger charge is 2.07. The molecule has 0 unspecified atom stereocenters. The van der Waals surface area contributed by atoms with E-state index in [0.717, 1.165) is 16.1 Å². The number of benzene rings is 2. The van der Waals surface area contributed by atoms with Crippen molar-refractivity contribution in [1.82, 2.24) is 0 Å². The minimum atomic E-state index is -1.04. The van der Waals surface area contributed by atoms with Crippen LogP contribution in [0.25, 0.3) is 6.08 Å². The summed E-state index contributed by atoms with van der Waals surface area (Å²) in [5, 5.41) is 9.17. The molecule has 0 amide bonds. The molecule has 2 rings (SSSR count). The summed E-state index contributed by atoms with van der Waals surface area (Å²) < 4.78 is 6.71. The van der Waals surface area contributed by atoms with Gasteiger partial charge < -0.3 is 9.84 Å². The standard InChI is InChI=1S/C16H12BrClO3/c17-13-5-2-1-4-11(13)10-21-15-7-3-6-14(18)12(15)8-9-16(19)20/h1-9H,10H2,(H,19,20)/b9-8+. The molecule has 0 aliphatic carbocycles. The van der Waals surface area contributed by atoms with E-state index in [-0.39, 0.29) is 0 Å². The number of hydrogen-bond acceptors (Lipinski definition) is 2. The Balaban J connectivity index is 2.22. The first kappa shape index (κ1) is 15.6. The topological polar surface area (TPSA) is 46.5 Å². The molecule has 0 saturated carbocycles. The predicted octanol–water partition coefficient (Wildman–Crippen LogP) is 4.78. The monoisotopic (exact) mass is 366 g/mol. The lowest BCUT2D eigenvalue weighted by Gasteiger charge is -2.11. The van der Waals surface area contributed by atoms with Gasteiger partial charge in [0, 0.05) is 21.7 Å². The second-order valence-corrected chi connectivity index (χ2v) is 5.46. The molecule has 2 aromatic carbocycles. The van der Waals surface area contributed by atoms with Gasteiger partial charge in [-0.15, -0.1) is 0 Å². The van der Waals surface area contributed by atoms with Crippen LogP contribution in [0.5, 0.6) is 5.75 Å². The summed E-state index contributed by atoms with van der Waals surface area (Å²) in [4.78, 5) is 10.6. The molecule has 1 N–H and O–H groups in total. The maximum Gasteiger partial charge on any atom is 0.328 e. The highest BCUT2D eigenvalue weighted by Crippen LogP contribution is 2.29. The Hall–Kier alpha value is -1.78. The second-order valence-electron chi connectivity index (χ2n) is 4.20. The van der Waals surface area contributed by atoms with E-state index in [4.69, 9.17) is 21.4 Å².